The molecule has 0 radical (unpaired) electrons. The Balaban J connectivity index is 1.83. The summed E-state index contributed by atoms with van der Waals surface area (Å²) in [6.07, 6.45) is 2.07. The van der Waals surface area contributed by atoms with Gasteiger partial charge in [-0.3, -0.25) is 0 Å². The van der Waals surface area contributed by atoms with Gasteiger partial charge in [-0.05, 0) is 30.5 Å². The minimum absolute atomic E-state index is 0.399. The monoisotopic (exact) mass is 318 g/mol. The van der Waals surface area contributed by atoms with Crippen LogP contribution in [0.1, 0.15) is 17.8 Å². The molecule has 0 unspecified atom stereocenters. The van der Waals surface area contributed by atoms with Gasteiger partial charge in [0.05, 0.1) is 21.9 Å². The fourth-order valence-corrected chi connectivity index (χ4v) is 3.09. The lowest BCUT2D eigenvalue weighted by atomic mass is 10.1. The summed E-state index contributed by atoms with van der Waals surface area (Å²) in [6.45, 7) is 0.872. The summed E-state index contributed by atoms with van der Waals surface area (Å²) in [5.41, 5.74) is 3.25. The van der Waals surface area contributed by atoms with Crippen molar-refractivity contribution in [2.75, 3.05) is 0 Å². The number of aromatic nitrogens is 2. The van der Waals surface area contributed by atoms with Crippen LogP contribution < -0.4 is 0 Å². The van der Waals surface area contributed by atoms with Crippen LogP contribution in [0.25, 0.3) is 11.0 Å². The highest BCUT2D eigenvalue weighted by Gasteiger charge is 2.12. The highest BCUT2D eigenvalue weighted by Crippen LogP contribution is 2.25. The summed E-state index contributed by atoms with van der Waals surface area (Å²) >= 11 is 12.3. The second-order valence-corrected chi connectivity index (χ2v) is 5.68. The number of halogens is 2. The molecule has 0 aliphatic carbocycles. The van der Waals surface area contributed by atoms with E-state index >= 15 is 0 Å². The highest BCUT2D eigenvalue weighted by molar-refractivity contribution is 6.35. The van der Waals surface area contributed by atoms with Gasteiger partial charge in [0.25, 0.3) is 0 Å². The smallest absolute Gasteiger partial charge is 0.124 e. The van der Waals surface area contributed by atoms with E-state index in [0.29, 0.717) is 5.88 Å². The Morgan fingerprint density at radius 3 is 2.57 bits per heavy atom. The van der Waals surface area contributed by atoms with Crippen LogP contribution in [0.3, 0.4) is 0 Å². The second kappa shape index (κ2) is 6.50. The van der Waals surface area contributed by atoms with E-state index in [1.807, 2.05) is 24.3 Å². The Labute approximate surface area is 134 Å². The lowest BCUT2D eigenvalue weighted by Gasteiger charge is -2.08. The predicted octanol–water partition coefficient (Wildman–Crippen LogP) is 5.06. The molecule has 1 aromatic heterocycles. The van der Waals surface area contributed by atoms with E-state index in [9.17, 15) is 0 Å². The van der Waals surface area contributed by atoms with E-state index in [2.05, 4.69) is 33.8 Å². The fraction of sp³-hybridized carbons (Fsp3) is 0.235. The van der Waals surface area contributed by atoms with E-state index in [4.69, 9.17) is 23.2 Å². The SMILES string of the molecule is ClCc1nc2cccc(Cl)c2n1CCCc1ccccc1. The summed E-state index contributed by atoms with van der Waals surface area (Å²) in [5, 5.41) is 0.732. The molecule has 0 aliphatic rings. The van der Waals surface area contributed by atoms with E-state index < -0.39 is 0 Å². The highest BCUT2D eigenvalue weighted by atomic mass is 35.5. The molecule has 0 saturated carbocycles. The zero-order valence-electron chi connectivity index (χ0n) is 11.6. The van der Waals surface area contributed by atoms with Crippen molar-refractivity contribution in [1.29, 1.82) is 0 Å². The first-order chi connectivity index (χ1) is 10.3. The maximum Gasteiger partial charge on any atom is 0.124 e. The molecule has 0 fully saturated rings. The van der Waals surface area contributed by atoms with E-state index in [-0.39, 0.29) is 0 Å². The number of rotatable bonds is 5. The third kappa shape index (κ3) is 3.07. The van der Waals surface area contributed by atoms with Gasteiger partial charge in [-0.25, -0.2) is 4.98 Å². The van der Waals surface area contributed by atoms with Crippen LogP contribution in [0, 0.1) is 0 Å². The number of fused-ring (bicyclic) bond motifs is 1. The molecule has 21 heavy (non-hydrogen) atoms. The summed E-state index contributed by atoms with van der Waals surface area (Å²) in [5.74, 6) is 1.28. The topological polar surface area (TPSA) is 17.8 Å². The van der Waals surface area contributed by atoms with Crippen molar-refractivity contribution in [2.45, 2.75) is 25.3 Å². The molecular formula is C17H16Cl2N2. The molecule has 2 aromatic carbocycles. The summed E-state index contributed by atoms with van der Waals surface area (Å²) in [6, 6.07) is 16.3. The normalized spacial score (nSPS) is 11.1. The number of hydrogen-bond donors (Lipinski definition) is 0. The molecule has 0 amide bonds. The lowest BCUT2D eigenvalue weighted by Crippen LogP contribution is -2.04. The molecular weight excluding hydrogens is 303 g/mol. The first kappa shape index (κ1) is 14.4. The molecule has 3 aromatic rings. The van der Waals surface area contributed by atoms with Crippen molar-refractivity contribution in [2.24, 2.45) is 0 Å². The average molecular weight is 319 g/mol. The Kier molecular flexibility index (Phi) is 4.47. The summed E-state index contributed by atoms with van der Waals surface area (Å²) in [4.78, 5) is 4.56. The van der Waals surface area contributed by atoms with Crippen molar-refractivity contribution >= 4 is 34.2 Å². The Morgan fingerprint density at radius 2 is 1.81 bits per heavy atom. The van der Waals surface area contributed by atoms with Crippen LogP contribution in [0.4, 0.5) is 0 Å². The molecule has 3 rings (SSSR count). The number of hydrogen-bond acceptors (Lipinski definition) is 1. The maximum absolute atomic E-state index is 6.32. The molecule has 0 aliphatic heterocycles. The quantitative estimate of drug-likeness (QED) is 0.601. The summed E-state index contributed by atoms with van der Waals surface area (Å²) in [7, 11) is 0. The summed E-state index contributed by atoms with van der Waals surface area (Å²) < 4.78 is 2.15. The molecule has 0 bridgehead atoms. The van der Waals surface area contributed by atoms with Gasteiger partial charge in [-0.15, -0.1) is 11.6 Å². The van der Waals surface area contributed by atoms with Gasteiger partial charge < -0.3 is 4.57 Å². The molecule has 2 nitrogen and oxygen atoms in total. The molecule has 0 spiro atoms. The molecule has 4 heteroatoms. The molecule has 108 valence electrons. The van der Waals surface area contributed by atoms with Gasteiger partial charge in [0.2, 0.25) is 0 Å². The van der Waals surface area contributed by atoms with Gasteiger partial charge in [0, 0.05) is 6.54 Å². The zero-order valence-corrected chi connectivity index (χ0v) is 13.1. The Morgan fingerprint density at radius 1 is 1.00 bits per heavy atom. The van der Waals surface area contributed by atoms with Gasteiger partial charge in [0.15, 0.2) is 0 Å². The minimum Gasteiger partial charge on any atom is -0.326 e. The molecule has 1 heterocycles. The molecule has 0 atom stereocenters. The Hall–Kier alpha value is -1.51. The minimum atomic E-state index is 0.399. The third-order valence-corrected chi connectivity index (χ3v) is 4.15. The standard InChI is InChI=1S/C17H16Cl2N2/c18-12-16-20-15-10-4-9-14(19)17(15)21(16)11-5-8-13-6-2-1-3-7-13/h1-4,6-7,9-10H,5,8,11-12H2. The number of nitrogens with zero attached hydrogens (tertiary/aromatic N) is 2. The second-order valence-electron chi connectivity index (χ2n) is 5.01. The Bertz CT molecular complexity index is 735. The van der Waals surface area contributed by atoms with Gasteiger partial charge >= 0.3 is 0 Å². The van der Waals surface area contributed by atoms with Crippen molar-refractivity contribution in [1.82, 2.24) is 9.55 Å². The number of para-hydroxylation sites is 1. The zero-order chi connectivity index (χ0) is 14.7. The van der Waals surface area contributed by atoms with Crippen molar-refractivity contribution in [3.63, 3.8) is 0 Å². The maximum atomic E-state index is 6.32. The largest absolute Gasteiger partial charge is 0.326 e. The van der Waals surface area contributed by atoms with E-state index in [1.165, 1.54) is 5.56 Å². The predicted molar refractivity (Wildman–Crippen MR) is 89.1 cm³/mol. The number of alkyl halides is 1. The molecule has 0 saturated heterocycles. The first-order valence-corrected chi connectivity index (χ1v) is 7.94. The van der Waals surface area contributed by atoms with Crippen molar-refractivity contribution in [3.8, 4) is 0 Å². The number of imidazole rings is 1. The average Bonchev–Trinajstić information content (AvgIpc) is 2.88. The number of benzene rings is 2. The van der Waals surface area contributed by atoms with Gasteiger partial charge in [0.1, 0.15) is 5.82 Å². The van der Waals surface area contributed by atoms with Crippen LogP contribution in [-0.4, -0.2) is 9.55 Å². The third-order valence-electron chi connectivity index (χ3n) is 3.61. The van der Waals surface area contributed by atoms with E-state index in [1.54, 1.807) is 0 Å². The lowest BCUT2D eigenvalue weighted by molar-refractivity contribution is 0.638. The van der Waals surface area contributed by atoms with Crippen LogP contribution in [0.5, 0.6) is 0 Å². The van der Waals surface area contributed by atoms with Crippen molar-refractivity contribution in [3.05, 3.63) is 64.9 Å². The van der Waals surface area contributed by atoms with Crippen LogP contribution in [-0.2, 0) is 18.8 Å². The van der Waals surface area contributed by atoms with Gasteiger partial charge in [-0.1, -0.05) is 48.0 Å². The first-order valence-electron chi connectivity index (χ1n) is 7.03. The van der Waals surface area contributed by atoms with E-state index in [0.717, 1.165) is 41.3 Å². The van der Waals surface area contributed by atoms with Crippen LogP contribution >= 0.6 is 23.2 Å². The van der Waals surface area contributed by atoms with Crippen molar-refractivity contribution < 1.29 is 0 Å². The molecule has 0 N–H and O–H groups in total. The fourth-order valence-electron chi connectivity index (χ4n) is 2.62. The van der Waals surface area contributed by atoms with Gasteiger partial charge in [-0.2, -0.15) is 0 Å². The van der Waals surface area contributed by atoms with Crippen LogP contribution in [0.2, 0.25) is 5.02 Å². The van der Waals surface area contributed by atoms with Crippen LogP contribution in [0.15, 0.2) is 48.5 Å². The number of aryl methyl sites for hydroxylation is 2.